The first-order valence-corrected chi connectivity index (χ1v) is 6.11. The molecule has 0 radical (unpaired) electrons. The molecule has 0 aliphatic carbocycles. The highest BCUT2D eigenvalue weighted by Crippen LogP contribution is 2.22. The van der Waals surface area contributed by atoms with Gasteiger partial charge >= 0.3 is 0 Å². The van der Waals surface area contributed by atoms with E-state index in [0.717, 1.165) is 38.8 Å². The third-order valence-electron chi connectivity index (χ3n) is 3.61. The fraction of sp³-hybridized carbons (Fsp3) is 0.917. The number of carbonyl (C=O) groups excluding carboxylic acids is 1. The normalized spacial score (nSPS) is 34.5. The number of hydrogen-bond acceptors (Lipinski definition) is 3. The van der Waals surface area contributed by atoms with Gasteiger partial charge in [-0.15, -0.1) is 0 Å². The maximum atomic E-state index is 10.6. The molecule has 0 aromatic heterocycles. The monoisotopic (exact) mass is 211 g/mol. The van der Waals surface area contributed by atoms with Gasteiger partial charge in [0.1, 0.15) is 6.29 Å². The van der Waals surface area contributed by atoms with Crippen molar-refractivity contribution in [2.75, 3.05) is 19.6 Å². The van der Waals surface area contributed by atoms with Crippen LogP contribution >= 0.6 is 0 Å². The van der Waals surface area contributed by atoms with Crippen molar-refractivity contribution in [1.29, 1.82) is 0 Å². The Bertz CT molecular complexity index is 212. The van der Waals surface area contributed by atoms with Crippen LogP contribution in [0.3, 0.4) is 0 Å². The average Bonchev–Trinajstić information content (AvgIpc) is 2.65. The molecule has 3 heteroatoms. The summed E-state index contributed by atoms with van der Waals surface area (Å²) in [6, 6.07) is 0. The van der Waals surface area contributed by atoms with E-state index in [9.17, 15) is 4.79 Å². The zero-order valence-corrected chi connectivity index (χ0v) is 9.52. The number of likely N-dealkylation sites (tertiary alicyclic amines) is 1. The largest absolute Gasteiger partial charge is 0.374 e. The van der Waals surface area contributed by atoms with E-state index in [1.54, 1.807) is 0 Å². The first kappa shape index (κ1) is 11.1. The minimum atomic E-state index is 0.310. The molecule has 15 heavy (non-hydrogen) atoms. The standard InChI is InChI=1S/C12H21NO2/c1-10-2-3-12(15-10)8-13-6-4-11(9-14)5-7-13/h9-12H,2-8H2,1H3. The lowest BCUT2D eigenvalue weighted by Crippen LogP contribution is -2.39. The summed E-state index contributed by atoms with van der Waals surface area (Å²) in [5.41, 5.74) is 0. The van der Waals surface area contributed by atoms with E-state index in [1.165, 1.54) is 12.8 Å². The molecule has 0 spiro atoms. The van der Waals surface area contributed by atoms with Gasteiger partial charge in [-0.1, -0.05) is 0 Å². The Kier molecular flexibility index (Phi) is 3.76. The first-order valence-electron chi connectivity index (χ1n) is 6.11. The molecule has 2 unspecified atom stereocenters. The topological polar surface area (TPSA) is 29.5 Å². The van der Waals surface area contributed by atoms with Crippen LogP contribution in [0.15, 0.2) is 0 Å². The third kappa shape index (κ3) is 3.02. The van der Waals surface area contributed by atoms with Gasteiger partial charge in [0.05, 0.1) is 12.2 Å². The van der Waals surface area contributed by atoms with Gasteiger partial charge in [0.15, 0.2) is 0 Å². The van der Waals surface area contributed by atoms with Gasteiger partial charge in [-0.3, -0.25) is 0 Å². The summed E-state index contributed by atoms with van der Waals surface area (Å²) in [4.78, 5) is 13.1. The lowest BCUT2D eigenvalue weighted by molar-refractivity contribution is -0.112. The number of rotatable bonds is 3. The van der Waals surface area contributed by atoms with Crippen LogP contribution in [0.25, 0.3) is 0 Å². The molecule has 0 bridgehead atoms. The second-order valence-corrected chi connectivity index (χ2v) is 4.92. The summed E-state index contributed by atoms with van der Waals surface area (Å²) < 4.78 is 5.81. The van der Waals surface area contributed by atoms with E-state index in [2.05, 4.69) is 11.8 Å². The Morgan fingerprint density at radius 3 is 2.53 bits per heavy atom. The van der Waals surface area contributed by atoms with Gasteiger partial charge in [0.2, 0.25) is 0 Å². The van der Waals surface area contributed by atoms with Crippen molar-refractivity contribution in [3.8, 4) is 0 Å². The van der Waals surface area contributed by atoms with Gasteiger partial charge in [-0.05, 0) is 45.7 Å². The van der Waals surface area contributed by atoms with Crippen LogP contribution in [0.4, 0.5) is 0 Å². The molecule has 0 aromatic carbocycles. The minimum absolute atomic E-state index is 0.310. The van der Waals surface area contributed by atoms with Crippen molar-refractivity contribution < 1.29 is 9.53 Å². The predicted octanol–water partition coefficient (Wildman–Crippen LogP) is 1.46. The Morgan fingerprint density at radius 1 is 1.27 bits per heavy atom. The van der Waals surface area contributed by atoms with Gasteiger partial charge in [0, 0.05) is 12.5 Å². The van der Waals surface area contributed by atoms with Crippen molar-refractivity contribution in [1.82, 2.24) is 4.90 Å². The number of piperidine rings is 1. The minimum Gasteiger partial charge on any atom is -0.374 e. The molecule has 86 valence electrons. The van der Waals surface area contributed by atoms with Gasteiger partial charge in [-0.2, -0.15) is 0 Å². The highest BCUT2D eigenvalue weighted by molar-refractivity contribution is 5.53. The predicted molar refractivity (Wildman–Crippen MR) is 58.8 cm³/mol. The summed E-state index contributed by atoms with van der Waals surface area (Å²) >= 11 is 0. The lowest BCUT2D eigenvalue weighted by Gasteiger charge is -2.31. The van der Waals surface area contributed by atoms with Crippen LogP contribution in [-0.4, -0.2) is 43.0 Å². The van der Waals surface area contributed by atoms with Crippen molar-refractivity contribution in [2.24, 2.45) is 5.92 Å². The fourth-order valence-electron chi connectivity index (χ4n) is 2.58. The summed E-state index contributed by atoms with van der Waals surface area (Å²) in [5.74, 6) is 0.310. The van der Waals surface area contributed by atoms with E-state index in [4.69, 9.17) is 4.74 Å². The molecular formula is C12H21NO2. The second-order valence-electron chi connectivity index (χ2n) is 4.92. The van der Waals surface area contributed by atoms with Gasteiger partial charge in [-0.25, -0.2) is 0 Å². The molecule has 0 amide bonds. The Labute approximate surface area is 91.8 Å². The number of carbonyl (C=O) groups is 1. The van der Waals surface area contributed by atoms with Crippen molar-refractivity contribution in [3.05, 3.63) is 0 Å². The van der Waals surface area contributed by atoms with E-state index in [1.807, 2.05) is 0 Å². The third-order valence-corrected chi connectivity index (χ3v) is 3.61. The summed E-state index contributed by atoms with van der Waals surface area (Å²) in [5, 5.41) is 0. The fourth-order valence-corrected chi connectivity index (χ4v) is 2.58. The second kappa shape index (κ2) is 5.08. The van der Waals surface area contributed by atoms with Crippen LogP contribution in [0.2, 0.25) is 0 Å². The summed E-state index contributed by atoms with van der Waals surface area (Å²) in [6.45, 7) is 5.35. The average molecular weight is 211 g/mol. The van der Waals surface area contributed by atoms with Crippen LogP contribution in [-0.2, 0) is 9.53 Å². The summed E-state index contributed by atoms with van der Waals surface area (Å²) in [6.07, 6.45) is 6.48. The maximum absolute atomic E-state index is 10.6. The molecule has 2 saturated heterocycles. The van der Waals surface area contributed by atoms with Crippen LogP contribution < -0.4 is 0 Å². The molecule has 2 aliphatic rings. The zero-order chi connectivity index (χ0) is 10.7. The number of nitrogens with zero attached hydrogens (tertiary/aromatic N) is 1. The molecule has 0 aromatic rings. The van der Waals surface area contributed by atoms with E-state index < -0.39 is 0 Å². The van der Waals surface area contributed by atoms with Gasteiger partial charge < -0.3 is 14.4 Å². The van der Waals surface area contributed by atoms with Crippen LogP contribution in [0.1, 0.15) is 32.6 Å². The van der Waals surface area contributed by atoms with Crippen molar-refractivity contribution in [3.63, 3.8) is 0 Å². The Hall–Kier alpha value is -0.410. The molecule has 2 fully saturated rings. The molecule has 2 atom stereocenters. The van der Waals surface area contributed by atoms with Crippen LogP contribution in [0, 0.1) is 5.92 Å². The highest BCUT2D eigenvalue weighted by Gasteiger charge is 2.26. The lowest BCUT2D eigenvalue weighted by atomic mass is 9.98. The molecule has 3 nitrogen and oxygen atoms in total. The summed E-state index contributed by atoms with van der Waals surface area (Å²) in [7, 11) is 0. The molecular weight excluding hydrogens is 190 g/mol. The maximum Gasteiger partial charge on any atom is 0.123 e. The number of aldehydes is 1. The molecule has 0 saturated carbocycles. The number of ether oxygens (including phenoxy) is 1. The Morgan fingerprint density at radius 2 is 2.00 bits per heavy atom. The SMILES string of the molecule is CC1CCC(CN2CCC(C=O)CC2)O1. The Balaban J connectivity index is 1.70. The van der Waals surface area contributed by atoms with Crippen molar-refractivity contribution in [2.45, 2.75) is 44.8 Å². The smallest absolute Gasteiger partial charge is 0.123 e. The quantitative estimate of drug-likeness (QED) is 0.662. The number of hydrogen-bond donors (Lipinski definition) is 0. The van der Waals surface area contributed by atoms with E-state index in [-0.39, 0.29) is 0 Å². The molecule has 2 aliphatic heterocycles. The first-order chi connectivity index (χ1) is 7.28. The molecule has 2 heterocycles. The van der Waals surface area contributed by atoms with E-state index in [0.29, 0.717) is 18.1 Å². The highest BCUT2D eigenvalue weighted by atomic mass is 16.5. The molecule has 0 N–H and O–H groups in total. The van der Waals surface area contributed by atoms with E-state index >= 15 is 0 Å². The van der Waals surface area contributed by atoms with Crippen molar-refractivity contribution >= 4 is 6.29 Å². The van der Waals surface area contributed by atoms with Crippen LogP contribution in [0.5, 0.6) is 0 Å². The zero-order valence-electron chi connectivity index (χ0n) is 9.52. The van der Waals surface area contributed by atoms with Gasteiger partial charge in [0.25, 0.3) is 0 Å². The molecule has 2 rings (SSSR count).